The summed E-state index contributed by atoms with van der Waals surface area (Å²) >= 11 is 8.50. The van der Waals surface area contributed by atoms with Gasteiger partial charge in [-0.05, 0) is 49.3 Å². The maximum atomic E-state index is 12.8. The third kappa shape index (κ3) is 5.35. The van der Waals surface area contributed by atoms with Crippen molar-refractivity contribution in [2.24, 2.45) is 0 Å². The van der Waals surface area contributed by atoms with Gasteiger partial charge in [-0.1, -0.05) is 37.8 Å². The Bertz CT molecular complexity index is 609. The van der Waals surface area contributed by atoms with Crippen molar-refractivity contribution in [3.63, 3.8) is 0 Å². The monoisotopic (exact) mass is 366 g/mol. The Hall–Kier alpha value is -0.810. The lowest BCUT2D eigenvalue weighted by Gasteiger charge is -2.03. The third-order valence-electron chi connectivity index (χ3n) is 4.50. The van der Waals surface area contributed by atoms with Crippen LogP contribution in [-0.4, -0.2) is 20.6 Å². The first-order chi connectivity index (χ1) is 11.8. The van der Waals surface area contributed by atoms with E-state index in [-0.39, 0.29) is 5.69 Å². The molecular weight excluding hydrogens is 336 g/mol. The molecule has 0 N–H and O–H groups in total. The SMILES string of the molecule is O=c1n(CCCCCCS)c2ccccc2n1CCCCCCS. The summed E-state index contributed by atoms with van der Waals surface area (Å²) in [6.07, 6.45) is 9.15. The summed E-state index contributed by atoms with van der Waals surface area (Å²) in [7, 11) is 0. The smallest absolute Gasteiger partial charge is 0.292 e. The van der Waals surface area contributed by atoms with Gasteiger partial charge in [0.25, 0.3) is 0 Å². The van der Waals surface area contributed by atoms with E-state index in [2.05, 4.69) is 37.4 Å². The second-order valence-corrected chi connectivity index (χ2v) is 7.24. The molecule has 134 valence electrons. The topological polar surface area (TPSA) is 26.9 Å². The van der Waals surface area contributed by atoms with Crippen molar-refractivity contribution in [3.05, 3.63) is 34.7 Å². The number of hydrogen-bond donors (Lipinski definition) is 2. The molecule has 0 radical (unpaired) electrons. The maximum Gasteiger partial charge on any atom is 0.329 e. The van der Waals surface area contributed by atoms with Gasteiger partial charge in [0.15, 0.2) is 0 Å². The third-order valence-corrected chi connectivity index (χ3v) is 5.14. The zero-order valence-corrected chi connectivity index (χ0v) is 16.3. The molecule has 0 unspecified atom stereocenters. The molecule has 0 aliphatic rings. The predicted molar refractivity (Wildman–Crippen MR) is 111 cm³/mol. The highest BCUT2D eigenvalue weighted by molar-refractivity contribution is 7.80. The number of para-hydroxylation sites is 2. The van der Waals surface area contributed by atoms with Gasteiger partial charge >= 0.3 is 5.69 Å². The van der Waals surface area contributed by atoms with E-state index in [0.717, 1.165) is 74.2 Å². The van der Waals surface area contributed by atoms with Crippen molar-refractivity contribution in [3.8, 4) is 0 Å². The predicted octanol–water partition coefficient (Wildman–Crippen LogP) is 4.78. The van der Waals surface area contributed by atoms with Gasteiger partial charge in [0.1, 0.15) is 0 Å². The average molecular weight is 367 g/mol. The largest absolute Gasteiger partial charge is 0.329 e. The number of imidazole rings is 1. The molecule has 1 aromatic heterocycles. The number of thiol groups is 2. The normalized spacial score (nSPS) is 11.4. The van der Waals surface area contributed by atoms with Crippen molar-refractivity contribution in [2.45, 2.75) is 64.5 Å². The van der Waals surface area contributed by atoms with Crippen LogP contribution >= 0.6 is 25.3 Å². The Labute approximate surface area is 156 Å². The Morgan fingerprint density at radius 1 is 0.667 bits per heavy atom. The second-order valence-electron chi connectivity index (χ2n) is 6.35. The fourth-order valence-electron chi connectivity index (χ4n) is 3.18. The summed E-state index contributed by atoms with van der Waals surface area (Å²) < 4.78 is 3.92. The number of aryl methyl sites for hydroxylation is 2. The highest BCUT2D eigenvalue weighted by Crippen LogP contribution is 2.15. The molecule has 24 heavy (non-hydrogen) atoms. The molecular formula is C19H30N2OS2. The minimum Gasteiger partial charge on any atom is -0.292 e. The fraction of sp³-hybridized carbons (Fsp3) is 0.632. The van der Waals surface area contributed by atoms with Crippen LogP contribution in [0.1, 0.15) is 51.4 Å². The minimum atomic E-state index is 0.152. The summed E-state index contributed by atoms with van der Waals surface area (Å²) in [6, 6.07) is 8.19. The van der Waals surface area contributed by atoms with Crippen LogP contribution in [0.3, 0.4) is 0 Å². The average Bonchev–Trinajstić information content (AvgIpc) is 2.87. The number of fused-ring (bicyclic) bond motifs is 1. The van der Waals surface area contributed by atoms with E-state index in [9.17, 15) is 4.79 Å². The molecule has 0 aliphatic heterocycles. The van der Waals surface area contributed by atoms with Crippen LogP contribution in [0.4, 0.5) is 0 Å². The molecule has 1 aromatic carbocycles. The highest BCUT2D eigenvalue weighted by atomic mass is 32.1. The van der Waals surface area contributed by atoms with Crippen LogP contribution in [-0.2, 0) is 13.1 Å². The molecule has 5 heteroatoms. The molecule has 0 spiro atoms. The van der Waals surface area contributed by atoms with E-state index in [0.29, 0.717) is 0 Å². The number of unbranched alkanes of at least 4 members (excludes halogenated alkanes) is 6. The van der Waals surface area contributed by atoms with Crippen molar-refractivity contribution >= 4 is 36.3 Å². The number of hydrogen-bond acceptors (Lipinski definition) is 3. The molecule has 0 atom stereocenters. The van der Waals surface area contributed by atoms with Crippen LogP contribution in [0.2, 0.25) is 0 Å². The van der Waals surface area contributed by atoms with Crippen LogP contribution in [0.5, 0.6) is 0 Å². The van der Waals surface area contributed by atoms with Gasteiger partial charge in [0.2, 0.25) is 0 Å². The van der Waals surface area contributed by atoms with Crippen molar-refractivity contribution < 1.29 is 0 Å². The Morgan fingerprint density at radius 3 is 1.50 bits per heavy atom. The van der Waals surface area contributed by atoms with E-state index >= 15 is 0 Å². The summed E-state index contributed by atoms with van der Waals surface area (Å²) in [4.78, 5) is 12.8. The summed E-state index contributed by atoms with van der Waals surface area (Å²) in [6.45, 7) is 1.64. The van der Waals surface area contributed by atoms with E-state index < -0.39 is 0 Å². The molecule has 2 rings (SSSR count). The van der Waals surface area contributed by atoms with Gasteiger partial charge in [0, 0.05) is 13.1 Å². The van der Waals surface area contributed by atoms with Gasteiger partial charge in [-0.2, -0.15) is 25.3 Å². The number of nitrogens with zero attached hydrogens (tertiary/aromatic N) is 2. The van der Waals surface area contributed by atoms with Gasteiger partial charge in [-0.25, -0.2) is 4.79 Å². The van der Waals surface area contributed by atoms with Crippen LogP contribution in [0, 0.1) is 0 Å². The van der Waals surface area contributed by atoms with Crippen LogP contribution in [0.25, 0.3) is 11.0 Å². The van der Waals surface area contributed by atoms with E-state index in [4.69, 9.17) is 0 Å². The molecule has 0 amide bonds. The molecule has 0 saturated heterocycles. The number of benzene rings is 1. The zero-order valence-electron chi connectivity index (χ0n) is 14.5. The van der Waals surface area contributed by atoms with Crippen molar-refractivity contribution in [1.82, 2.24) is 9.13 Å². The summed E-state index contributed by atoms with van der Waals surface area (Å²) in [5.74, 6) is 1.90. The number of rotatable bonds is 12. The van der Waals surface area contributed by atoms with Gasteiger partial charge in [-0.15, -0.1) is 0 Å². The summed E-state index contributed by atoms with van der Waals surface area (Å²) in [5, 5.41) is 0. The van der Waals surface area contributed by atoms with Gasteiger partial charge in [-0.3, -0.25) is 9.13 Å². The first kappa shape index (κ1) is 19.5. The minimum absolute atomic E-state index is 0.152. The zero-order chi connectivity index (χ0) is 17.2. The molecule has 3 nitrogen and oxygen atoms in total. The second kappa shape index (κ2) is 10.9. The van der Waals surface area contributed by atoms with Crippen LogP contribution < -0.4 is 5.69 Å². The quantitative estimate of drug-likeness (QED) is 0.410. The Morgan fingerprint density at radius 2 is 1.08 bits per heavy atom. The standard InChI is InChI=1S/C19H30N2OS2/c22-19-20(13-7-1-3-9-15-23)17-11-5-6-12-18(17)21(19)14-8-2-4-10-16-24/h5-6,11-12,23-24H,1-4,7-10,13-16H2. The van der Waals surface area contributed by atoms with Gasteiger partial charge < -0.3 is 0 Å². The Kier molecular flexibility index (Phi) is 8.89. The van der Waals surface area contributed by atoms with E-state index in [1.54, 1.807) is 0 Å². The van der Waals surface area contributed by atoms with E-state index in [1.165, 1.54) is 12.8 Å². The first-order valence-electron chi connectivity index (χ1n) is 9.19. The van der Waals surface area contributed by atoms with Crippen molar-refractivity contribution in [2.75, 3.05) is 11.5 Å². The van der Waals surface area contributed by atoms with Crippen LogP contribution in [0.15, 0.2) is 29.1 Å². The lowest BCUT2D eigenvalue weighted by molar-refractivity contribution is 0.543. The fourth-order valence-corrected chi connectivity index (χ4v) is 3.62. The lowest BCUT2D eigenvalue weighted by atomic mass is 10.2. The molecule has 0 aliphatic carbocycles. The lowest BCUT2D eigenvalue weighted by Crippen LogP contribution is -2.24. The first-order valence-corrected chi connectivity index (χ1v) is 10.5. The molecule has 0 bridgehead atoms. The van der Waals surface area contributed by atoms with E-state index in [1.807, 2.05) is 21.3 Å². The molecule has 1 heterocycles. The highest BCUT2D eigenvalue weighted by Gasteiger charge is 2.11. The van der Waals surface area contributed by atoms with Crippen molar-refractivity contribution in [1.29, 1.82) is 0 Å². The molecule has 2 aromatic rings. The van der Waals surface area contributed by atoms with Gasteiger partial charge in [0.05, 0.1) is 11.0 Å². The molecule has 0 fully saturated rings. The maximum absolute atomic E-state index is 12.8. The number of aromatic nitrogens is 2. The summed E-state index contributed by atoms with van der Waals surface area (Å²) in [5.41, 5.74) is 2.30. The molecule has 0 saturated carbocycles. The Balaban J connectivity index is 2.05.